The molecule has 1 unspecified atom stereocenters. The predicted molar refractivity (Wildman–Crippen MR) is 95.1 cm³/mol. The highest BCUT2D eigenvalue weighted by Crippen LogP contribution is 2.25. The summed E-state index contributed by atoms with van der Waals surface area (Å²) in [6, 6.07) is 17.7. The summed E-state index contributed by atoms with van der Waals surface area (Å²) in [5, 5.41) is 6.39. The number of para-hydroxylation sites is 1. The molecule has 3 aromatic rings. The van der Waals surface area contributed by atoms with Crippen LogP contribution in [0.2, 0.25) is 0 Å². The van der Waals surface area contributed by atoms with Gasteiger partial charge in [0.1, 0.15) is 5.75 Å². The summed E-state index contributed by atoms with van der Waals surface area (Å²) in [6.45, 7) is 2.38. The number of hydrogen-bond acceptors (Lipinski definition) is 3. The van der Waals surface area contributed by atoms with Crippen molar-refractivity contribution in [1.29, 1.82) is 0 Å². The molecule has 0 saturated carbocycles. The fraction of sp³-hybridized carbons (Fsp3) is 0.211. The van der Waals surface area contributed by atoms with E-state index in [4.69, 9.17) is 4.74 Å². The van der Waals surface area contributed by atoms with Crippen molar-refractivity contribution < 1.29 is 9.53 Å². The molecule has 0 radical (unpaired) electrons. The van der Waals surface area contributed by atoms with E-state index in [1.54, 1.807) is 18.3 Å². The summed E-state index contributed by atoms with van der Waals surface area (Å²) in [5.41, 5.74) is 1.28. The largest absolute Gasteiger partial charge is 0.481 e. The maximum absolute atomic E-state index is 12.1. The van der Waals surface area contributed by atoms with E-state index in [1.807, 2.05) is 42.5 Å². The van der Waals surface area contributed by atoms with Gasteiger partial charge in [0.05, 0.1) is 0 Å². The lowest BCUT2D eigenvalue weighted by molar-refractivity contribution is -0.127. The van der Waals surface area contributed by atoms with E-state index < -0.39 is 6.10 Å². The van der Waals surface area contributed by atoms with Gasteiger partial charge in [-0.25, -0.2) is 0 Å². The van der Waals surface area contributed by atoms with Crippen LogP contribution in [0.1, 0.15) is 12.5 Å². The molecule has 0 aliphatic rings. The molecule has 0 saturated heterocycles. The van der Waals surface area contributed by atoms with Crippen molar-refractivity contribution in [2.75, 3.05) is 6.54 Å². The molecule has 23 heavy (non-hydrogen) atoms. The number of carbonyl (C=O) groups is 1. The Kier molecular flexibility index (Phi) is 4.93. The molecular weight excluding hydrogens is 306 g/mol. The van der Waals surface area contributed by atoms with Gasteiger partial charge < -0.3 is 10.1 Å². The Morgan fingerprint density at radius 1 is 1.13 bits per heavy atom. The first kappa shape index (κ1) is 15.6. The van der Waals surface area contributed by atoms with Crippen molar-refractivity contribution in [2.45, 2.75) is 19.4 Å². The SMILES string of the molecule is CC(Oc1ccccc1)C(=O)NCCc1csc2ccccc12. The molecule has 0 bridgehead atoms. The number of ether oxygens (including phenoxy) is 1. The van der Waals surface area contributed by atoms with Crippen LogP contribution in [0.15, 0.2) is 60.0 Å². The van der Waals surface area contributed by atoms with Crippen LogP contribution in [-0.2, 0) is 11.2 Å². The van der Waals surface area contributed by atoms with Gasteiger partial charge in [0, 0.05) is 11.2 Å². The van der Waals surface area contributed by atoms with Gasteiger partial charge in [0.2, 0.25) is 0 Å². The first-order valence-electron chi connectivity index (χ1n) is 7.68. The van der Waals surface area contributed by atoms with Crippen molar-refractivity contribution in [3.8, 4) is 5.75 Å². The Bertz CT molecular complexity index is 782. The molecule has 4 heteroatoms. The molecule has 1 aromatic heterocycles. The molecule has 0 spiro atoms. The van der Waals surface area contributed by atoms with Gasteiger partial charge in [-0.1, -0.05) is 36.4 Å². The highest BCUT2D eigenvalue weighted by atomic mass is 32.1. The normalized spacial score (nSPS) is 12.0. The number of carbonyl (C=O) groups excluding carboxylic acids is 1. The summed E-state index contributed by atoms with van der Waals surface area (Å²) < 4.78 is 6.91. The second-order valence-electron chi connectivity index (χ2n) is 5.37. The Morgan fingerprint density at radius 3 is 2.70 bits per heavy atom. The van der Waals surface area contributed by atoms with Gasteiger partial charge in [0.25, 0.3) is 5.91 Å². The van der Waals surface area contributed by atoms with Crippen molar-refractivity contribution in [2.24, 2.45) is 0 Å². The third kappa shape index (κ3) is 3.90. The minimum atomic E-state index is -0.503. The van der Waals surface area contributed by atoms with Crippen molar-refractivity contribution in [1.82, 2.24) is 5.32 Å². The first-order chi connectivity index (χ1) is 11.2. The Morgan fingerprint density at radius 2 is 1.87 bits per heavy atom. The van der Waals surface area contributed by atoms with Gasteiger partial charge in [0.15, 0.2) is 6.10 Å². The molecule has 0 fully saturated rings. The highest BCUT2D eigenvalue weighted by molar-refractivity contribution is 7.17. The van der Waals surface area contributed by atoms with Crippen molar-refractivity contribution in [3.05, 3.63) is 65.5 Å². The summed E-state index contributed by atoms with van der Waals surface area (Å²) in [6.07, 6.45) is 0.324. The third-order valence-electron chi connectivity index (χ3n) is 3.68. The molecule has 0 aliphatic carbocycles. The highest BCUT2D eigenvalue weighted by Gasteiger charge is 2.14. The second-order valence-corrected chi connectivity index (χ2v) is 6.28. The summed E-state index contributed by atoms with van der Waals surface area (Å²) in [7, 11) is 0. The average molecular weight is 325 g/mol. The minimum absolute atomic E-state index is 0.0895. The van der Waals surface area contributed by atoms with E-state index in [0.717, 1.165) is 6.42 Å². The van der Waals surface area contributed by atoms with E-state index in [1.165, 1.54) is 15.6 Å². The quantitative estimate of drug-likeness (QED) is 0.743. The van der Waals surface area contributed by atoms with E-state index >= 15 is 0 Å². The van der Waals surface area contributed by atoms with Crippen molar-refractivity contribution >= 4 is 27.3 Å². The third-order valence-corrected chi connectivity index (χ3v) is 4.69. The Hall–Kier alpha value is -2.33. The summed E-state index contributed by atoms with van der Waals surface area (Å²) >= 11 is 1.74. The number of benzene rings is 2. The zero-order chi connectivity index (χ0) is 16.1. The monoisotopic (exact) mass is 325 g/mol. The topological polar surface area (TPSA) is 38.3 Å². The van der Waals surface area contributed by atoms with Crippen LogP contribution >= 0.6 is 11.3 Å². The molecule has 1 amide bonds. The first-order valence-corrected chi connectivity index (χ1v) is 8.56. The fourth-order valence-corrected chi connectivity index (χ4v) is 3.44. The summed E-state index contributed by atoms with van der Waals surface area (Å²) in [5.74, 6) is 0.618. The number of thiophene rings is 1. The minimum Gasteiger partial charge on any atom is -0.481 e. The van der Waals surface area contributed by atoms with Gasteiger partial charge >= 0.3 is 0 Å². The molecule has 118 valence electrons. The van der Waals surface area contributed by atoms with Crippen LogP contribution in [-0.4, -0.2) is 18.6 Å². The van der Waals surface area contributed by atoms with Crippen LogP contribution in [0.3, 0.4) is 0 Å². The number of rotatable bonds is 6. The van der Waals surface area contributed by atoms with Crippen LogP contribution in [0.5, 0.6) is 5.75 Å². The smallest absolute Gasteiger partial charge is 0.260 e. The molecule has 2 aromatic carbocycles. The molecule has 0 aliphatic heterocycles. The Balaban J connectivity index is 1.51. The van der Waals surface area contributed by atoms with E-state index in [9.17, 15) is 4.79 Å². The maximum atomic E-state index is 12.1. The predicted octanol–water partition coefficient (Wildman–Crippen LogP) is 4.03. The lowest BCUT2D eigenvalue weighted by atomic mass is 10.1. The van der Waals surface area contributed by atoms with Gasteiger partial charge in [-0.15, -0.1) is 11.3 Å². The number of amides is 1. The maximum Gasteiger partial charge on any atom is 0.260 e. The number of nitrogens with one attached hydrogen (secondary N) is 1. The zero-order valence-electron chi connectivity index (χ0n) is 13.0. The average Bonchev–Trinajstić information content (AvgIpc) is 2.99. The molecule has 3 nitrogen and oxygen atoms in total. The van der Waals surface area contributed by atoms with E-state index in [0.29, 0.717) is 12.3 Å². The molecule has 1 heterocycles. The van der Waals surface area contributed by atoms with Crippen molar-refractivity contribution in [3.63, 3.8) is 0 Å². The van der Waals surface area contributed by atoms with Crippen LogP contribution in [0.25, 0.3) is 10.1 Å². The van der Waals surface area contributed by atoms with E-state index in [-0.39, 0.29) is 5.91 Å². The number of fused-ring (bicyclic) bond motifs is 1. The zero-order valence-corrected chi connectivity index (χ0v) is 13.8. The standard InChI is InChI=1S/C19H19NO2S/c1-14(22-16-7-3-2-4-8-16)19(21)20-12-11-15-13-23-18-10-6-5-9-17(15)18/h2-10,13-14H,11-12H2,1H3,(H,20,21). The number of hydrogen-bond donors (Lipinski definition) is 1. The lowest BCUT2D eigenvalue weighted by Crippen LogP contribution is -2.37. The second kappa shape index (κ2) is 7.29. The molecule has 3 rings (SSSR count). The lowest BCUT2D eigenvalue weighted by Gasteiger charge is -2.14. The van der Waals surface area contributed by atoms with Gasteiger partial charge in [-0.3, -0.25) is 4.79 Å². The van der Waals surface area contributed by atoms with Crippen LogP contribution < -0.4 is 10.1 Å². The van der Waals surface area contributed by atoms with Gasteiger partial charge in [-0.05, 0) is 47.9 Å². The van der Waals surface area contributed by atoms with E-state index in [2.05, 4.69) is 22.8 Å². The Labute approximate surface area is 139 Å². The molecular formula is C19H19NO2S. The van der Waals surface area contributed by atoms with Crippen LogP contribution in [0, 0.1) is 0 Å². The van der Waals surface area contributed by atoms with Gasteiger partial charge in [-0.2, -0.15) is 0 Å². The molecule has 1 N–H and O–H groups in total. The van der Waals surface area contributed by atoms with Crippen LogP contribution in [0.4, 0.5) is 0 Å². The molecule has 1 atom stereocenters. The summed E-state index contributed by atoms with van der Waals surface area (Å²) in [4.78, 5) is 12.1. The fourth-order valence-electron chi connectivity index (χ4n) is 2.45.